The lowest BCUT2D eigenvalue weighted by atomic mass is 9.95. The summed E-state index contributed by atoms with van der Waals surface area (Å²) in [6, 6.07) is 5.68. The number of carbonyl (C=O) groups excluding carboxylic acids is 1. The van der Waals surface area contributed by atoms with E-state index in [1.54, 1.807) is 14.0 Å². The maximum absolute atomic E-state index is 12.3. The Morgan fingerprint density at radius 3 is 3.04 bits per heavy atom. The second-order valence-corrected chi connectivity index (χ2v) is 5.45. The van der Waals surface area contributed by atoms with Crippen molar-refractivity contribution in [1.82, 2.24) is 15.6 Å². The molecule has 1 aromatic carbocycles. The van der Waals surface area contributed by atoms with Crippen LogP contribution in [0, 0.1) is 12.8 Å². The van der Waals surface area contributed by atoms with Gasteiger partial charge < -0.3 is 19.5 Å². The van der Waals surface area contributed by atoms with E-state index in [-0.39, 0.29) is 11.8 Å². The monoisotopic (exact) mass is 333 g/mol. The molecule has 0 saturated heterocycles. The second-order valence-electron chi connectivity index (χ2n) is 5.45. The molecule has 0 saturated carbocycles. The number of nitrogens with one attached hydrogen (secondary N) is 1. The number of nitrogens with zero attached hydrogens (tertiary/aromatic N) is 2. The Morgan fingerprint density at radius 1 is 1.42 bits per heavy atom. The van der Waals surface area contributed by atoms with E-state index in [2.05, 4.69) is 20.3 Å². The number of hydrogen-bond donors (Lipinski definition) is 1. The van der Waals surface area contributed by atoms with Crippen LogP contribution in [-0.4, -0.2) is 43.1 Å². The van der Waals surface area contributed by atoms with Gasteiger partial charge in [-0.2, -0.15) is 0 Å². The van der Waals surface area contributed by atoms with Crippen LogP contribution in [0.3, 0.4) is 0 Å². The predicted molar refractivity (Wildman–Crippen MR) is 83.2 cm³/mol. The lowest BCUT2D eigenvalue weighted by Gasteiger charge is -2.25. The van der Waals surface area contributed by atoms with Crippen molar-refractivity contribution in [3.05, 3.63) is 29.5 Å². The molecule has 0 radical (unpaired) electrons. The first-order valence-electron chi connectivity index (χ1n) is 7.67. The van der Waals surface area contributed by atoms with Gasteiger partial charge in [0.25, 0.3) is 5.88 Å². The average molecular weight is 333 g/mol. The largest absolute Gasteiger partial charge is 0.493 e. The highest BCUT2D eigenvalue weighted by molar-refractivity contribution is 5.79. The van der Waals surface area contributed by atoms with E-state index in [1.807, 2.05) is 18.2 Å². The Kier molecular flexibility index (Phi) is 4.83. The molecule has 1 N–H and O–H groups in total. The van der Waals surface area contributed by atoms with Gasteiger partial charge in [0, 0.05) is 0 Å². The van der Waals surface area contributed by atoms with Crippen LogP contribution in [-0.2, 0) is 11.2 Å². The van der Waals surface area contributed by atoms with Crippen molar-refractivity contribution < 1.29 is 23.6 Å². The number of ether oxygens (including phenoxy) is 3. The molecular formula is C16H19N3O5. The topological polar surface area (TPSA) is 95.7 Å². The van der Waals surface area contributed by atoms with E-state index in [4.69, 9.17) is 14.2 Å². The van der Waals surface area contributed by atoms with Gasteiger partial charge in [-0.3, -0.25) is 4.79 Å². The molecule has 1 amide bonds. The van der Waals surface area contributed by atoms with Crippen LogP contribution in [0.5, 0.6) is 17.4 Å². The molecule has 1 aromatic heterocycles. The number of benzene rings is 1. The fraction of sp³-hybridized carbons (Fsp3) is 0.438. The summed E-state index contributed by atoms with van der Waals surface area (Å²) in [7, 11) is 1.60. The molecule has 0 fully saturated rings. The highest BCUT2D eigenvalue weighted by Crippen LogP contribution is 2.35. The lowest BCUT2D eigenvalue weighted by Crippen LogP contribution is -2.39. The van der Waals surface area contributed by atoms with E-state index in [1.165, 1.54) is 0 Å². The molecule has 2 aromatic rings. The average Bonchev–Trinajstić information content (AvgIpc) is 3.02. The molecule has 2 heterocycles. The highest BCUT2D eigenvalue weighted by atomic mass is 16.6. The SMILES string of the molecule is COc1cccc2c1OC[C@@H](C(=O)NCCOc1nonc1C)C2. The standard InChI is InChI=1S/C16H19N3O5/c1-10-16(19-24-18-10)22-7-6-17-15(20)12-8-11-4-3-5-13(21-2)14(11)23-9-12/h3-5,12H,6-9H2,1-2H3,(H,17,20)/t12-/m0/s1. The van der Waals surface area contributed by atoms with Crippen LogP contribution in [0.15, 0.2) is 22.8 Å². The van der Waals surface area contributed by atoms with E-state index in [0.29, 0.717) is 43.5 Å². The van der Waals surface area contributed by atoms with Crippen LogP contribution >= 0.6 is 0 Å². The molecule has 8 heteroatoms. The number of hydrogen-bond acceptors (Lipinski definition) is 7. The van der Waals surface area contributed by atoms with Gasteiger partial charge in [0.2, 0.25) is 5.91 Å². The molecule has 0 unspecified atom stereocenters. The number of methoxy groups -OCH3 is 1. The number of aryl methyl sites for hydroxylation is 1. The smallest absolute Gasteiger partial charge is 0.278 e. The molecule has 8 nitrogen and oxygen atoms in total. The third kappa shape index (κ3) is 3.42. The van der Waals surface area contributed by atoms with Crippen LogP contribution < -0.4 is 19.5 Å². The van der Waals surface area contributed by atoms with Crippen molar-refractivity contribution in [3.63, 3.8) is 0 Å². The molecule has 0 aliphatic carbocycles. The molecule has 0 spiro atoms. The summed E-state index contributed by atoms with van der Waals surface area (Å²) < 4.78 is 20.9. The van der Waals surface area contributed by atoms with Gasteiger partial charge >= 0.3 is 0 Å². The Morgan fingerprint density at radius 2 is 2.29 bits per heavy atom. The highest BCUT2D eigenvalue weighted by Gasteiger charge is 2.27. The maximum Gasteiger partial charge on any atom is 0.278 e. The number of para-hydroxylation sites is 1. The normalized spacial score (nSPS) is 16.0. The first kappa shape index (κ1) is 16.1. The van der Waals surface area contributed by atoms with E-state index >= 15 is 0 Å². The van der Waals surface area contributed by atoms with Gasteiger partial charge in [0.1, 0.15) is 18.9 Å². The Bertz CT molecular complexity index is 715. The molecule has 0 bridgehead atoms. The minimum atomic E-state index is -0.236. The van der Waals surface area contributed by atoms with Crippen molar-refractivity contribution in [3.8, 4) is 17.4 Å². The summed E-state index contributed by atoms with van der Waals surface area (Å²) in [5.74, 6) is 1.45. The van der Waals surface area contributed by atoms with Crippen molar-refractivity contribution in [1.29, 1.82) is 0 Å². The van der Waals surface area contributed by atoms with Crippen LogP contribution in [0.25, 0.3) is 0 Å². The van der Waals surface area contributed by atoms with Crippen molar-refractivity contribution in [2.45, 2.75) is 13.3 Å². The fourth-order valence-electron chi connectivity index (χ4n) is 2.54. The summed E-state index contributed by atoms with van der Waals surface area (Å²) in [4.78, 5) is 12.3. The summed E-state index contributed by atoms with van der Waals surface area (Å²) in [5, 5.41) is 10.1. The Hall–Kier alpha value is -2.77. The van der Waals surface area contributed by atoms with Crippen molar-refractivity contribution in [2.24, 2.45) is 5.92 Å². The minimum Gasteiger partial charge on any atom is -0.493 e. The first-order chi connectivity index (χ1) is 11.7. The van der Waals surface area contributed by atoms with Crippen LogP contribution in [0.4, 0.5) is 0 Å². The third-order valence-corrected chi connectivity index (χ3v) is 3.80. The van der Waals surface area contributed by atoms with E-state index in [9.17, 15) is 4.79 Å². The molecule has 3 rings (SSSR count). The Balaban J connectivity index is 1.48. The fourth-order valence-corrected chi connectivity index (χ4v) is 2.54. The van der Waals surface area contributed by atoms with Gasteiger partial charge in [-0.1, -0.05) is 17.3 Å². The zero-order valence-corrected chi connectivity index (χ0v) is 13.6. The molecule has 1 atom stereocenters. The number of aromatic nitrogens is 2. The molecule has 1 aliphatic rings. The van der Waals surface area contributed by atoms with Crippen LogP contribution in [0.2, 0.25) is 0 Å². The molecular weight excluding hydrogens is 314 g/mol. The quantitative estimate of drug-likeness (QED) is 0.792. The maximum atomic E-state index is 12.3. The minimum absolute atomic E-state index is 0.0675. The number of rotatable bonds is 6. The van der Waals surface area contributed by atoms with Gasteiger partial charge in [0.15, 0.2) is 11.5 Å². The zero-order chi connectivity index (χ0) is 16.9. The number of carbonyl (C=O) groups is 1. The summed E-state index contributed by atoms with van der Waals surface area (Å²) >= 11 is 0. The zero-order valence-electron chi connectivity index (χ0n) is 13.6. The molecule has 24 heavy (non-hydrogen) atoms. The summed E-state index contributed by atoms with van der Waals surface area (Å²) in [5.41, 5.74) is 1.55. The predicted octanol–water partition coefficient (Wildman–Crippen LogP) is 1.13. The van der Waals surface area contributed by atoms with E-state index < -0.39 is 0 Å². The van der Waals surface area contributed by atoms with Gasteiger partial charge in [-0.05, 0) is 30.1 Å². The third-order valence-electron chi connectivity index (χ3n) is 3.80. The summed E-state index contributed by atoms with van der Waals surface area (Å²) in [6.07, 6.45) is 0.617. The van der Waals surface area contributed by atoms with Crippen molar-refractivity contribution in [2.75, 3.05) is 26.9 Å². The van der Waals surface area contributed by atoms with Crippen molar-refractivity contribution >= 4 is 5.91 Å². The van der Waals surface area contributed by atoms with Crippen LogP contribution in [0.1, 0.15) is 11.3 Å². The number of amides is 1. The van der Waals surface area contributed by atoms with Gasteiger partial charge in [-0.15, -0.1) is 0 Å². The summed E-state index contributed by atoms with van der Waals surface area (Å²) in [6.45, 7) is 2.72. The second kappa shape index (κ2) is 7.20. The molecule has 1 aliphatic heterocycles. The van der Waals surface area contributed by atoms with Gasteiger partial charge in [-0.25, -0.2) is 4.63 Å². The van der Waals surface area contributed by atoms with E-state index in [0.717, 1.165) is 11.3 Å². The molecule has 128 valence electrons. The van der Waals surface area contributed by atoms with Gasteiger partial charge in [0.05, 0.1) is 19.6 Å². The Labute approximate surface area is 139 Å². The number of fused-ring (bicyclic) bond motifs is 1. The first-order valence-corrected chi connectivity index (χ1v) is 7.67. The lowest BCUT2D eigenvalue weighted by molar-refractivity contribution is -0.126.